The van der Waals surface area contributed by atoms with Crippen LogP contribution in [-0.4, -0.2) is 36.7 Å². The van der Waals surface area contributed by atoms with Crippen LogP contribution in [0.15, 0.2) is 42.5 Å². The van der Waals surface area contributed by atoms with E-state index in [1.807, 2.05) is 32.0 Å². The molecule has 1 heterocycles. The van der Waals surface area contributed by atoms with E-state index in [9.17, 15) is 13.2 Å². The molecule has 0 bridgehead atoms. The number of carbonyl (C=O) groups is 1. The number of para-hydroxylation sites is 2. The number of carbonyl (C=O) groups excluding carboxylic acids is 1. The smallest absolute Gasteiger partial charge is 0.240 e. The van der Waals surface area contributed by atoms with Gasteiger partial charge in [0.05, 0.1) is 11.0 Å². The third-order valence-corrected chi connectivity index (χ3v) is 6.21. The Morgan fingerprint density at radius 2 is 1.73 bits per heavy atom. The fourth-order valence-electron chi connectivity index (χ4n) is 3.40. The largest absolute Gasteiger partial charge is 0.354 e. The Bertz CT molecular complexity index is 1180. The third-order valence-electron chi connectivity index (χ3n) is 4.79. The minimum absolute atomic E-state index is 0.0439. The predicted molar refractivity (Wildman–Crippen MR) is 121 cm³/mol. The molecule has 0 spiro atoms. The van der Waals surface area contributed by atoms with Crippen molar-refractivity contribution in [1.29, 1.82) is 0 Å². The van der Waals surface area contributed by atoms with Crippen LogP contribution in [0.2, 0.25) is 10.0 Å². The average molecular weight is 468 g/mol. The van der Waals surface area contributed by atoms with Gasteiger partial charge in [0, 0.05) is 28.3 Å². The zero-order valence-electron chi connectivity index (χ0n) is 16.9. The van der Waals surface area contributed by atoms with Crippen molar-refractivity contribution in [2.75, 3.05) is 12.8 Å². The maximum Gasteiger partial charge on any atom is 0.240 e. The van der Waals surface area contributed by atoms with Gasteiger partial charge >= 0.3 is 0 Å². The summed E-state index contributed by atoms with van der Waals surface area (Å²) in [7, 11) is -3.31. The maximum absolute atomic E-state index is 12.7. The Balaban J connectivity index is 1.81. The highest BCUT2D eigenvalue weighted by molar-refractivity contribution is 7.89. The molecule has 0 saturated heterocycles. The minimum atomic E-state index is -3.31. The van der Waals surface area contributed by atoms with Crippen LogP contribution in [-0.2, 0) is 32.3 Å². The van der Waals surface area contributed by atoms with Crippen LogP contribution in [0.5, 0.6) is 0 Å². The first-order chi connectivity index (χ1) is 14.0. The summed E-state index contributed by atoms with van der Waals surface area (Å²) in [6, 6.07) is 12.6. The first-order valence-corrected chi connectivity index (χ1v) is 12.1. The second-order valence-electron chi connectivity index (χ2n) is 7.93. The highest BCUT2D eigenvalue weighted by atomic mass is 35.5. The van der Waals surface area contributed by atoms with Gasteiger partial charge in [0.2, 0.25) is 5.91 Å². The number of fused-ring (bicyclic) bond motifs is 1. The summed E-state index contributed by atoms with van der Waals surface area (Å²) >= 11 is 12.7. The molecule has 0 atom stereocenters. The number of nitrogens with one attached hydrogen (secondary N) is 1. The first kappa shape index (κ1) is 22.6. The Kier molecular flexibility index (Phi) is 6.45. The lowest BCUT2D eigenvalue weighted by Gasteiger charge is -2.28. The number of nitrogens with zero attached hydrogens (tertiary/aromatic N) is 2. The van der Waals surface area contributed by atoms with Gasteiger partial charge in [-0.3, -0.25) is 4.79 Å². The van der Waals surface area contributed by atoms with E-state index >= 15 is 0 Å². The number of rotatable bonds is 7. The lowest BCUT2D eigenvalue weighted by Crippen LogP contribution is -2.38. The second-order valence-corrected chi connectivity index (χ2v) is 10.9. The van der Waals surface area contributed by atoms with Crippen molar-refractivity contribution < 1.29 is 13.2 Å². The van der Waals surface area contributed by atoms with Gasteiger partial charge in [-0.2, -0.15) is 0 Å². The molecule has 3 aromatic rings. The lowest BCUT2D eigenvalue weighted by molar-refractivity contribution is -0.121. The standard InChI is InChI=1S/C21H23Cl2N3O3S/c1-21(2,20-14(22)7-6-8-15(20)23)13-24-19(27)11-26-17-10-5-4-9-16(17)25-18(26)12-30(3,28)29/h4-10H,11-13H2,1-3H3,(H,24,27). The van der Waals surface area contributed by atoms with Crippen molar-refractivity contribution in [3.63, 3.8) is 0 Å². The summed E-state index contributed by atoms with van der Waals surface area (Å²) in [4.78, 5) is 17.1. The molecule has 0 unspecified atom stereocenters. The van der Waals surface area contributed by atoms with Crippen molar-refractivity contribution >= 4 is 50.0 Å². The Morgan fingerprint density at radius 3 is 2.37 bits per heavy atom. The monoisotopic (exact) mass is 467 g/mol. The molecule has 1 aromatic heterocycles. The van der Waals surface area contributed by atoms with E-state index < -0.39 is 15.3 Å². The molecule has 0 radical (unpaired) electrons. The van der Waals surface area contributed by atoms with Gasteiger partial charge in [-0.25, -0.2) is 13.4 Å². The first-order valence-electron chi connectivity index (χ1n) is 9.31. The quantitative estimate of drug-likeness (QED) is 0.569. The van der Waals surface area contributed by atoms with Crippen molar-refractivity contribution in [3.05, 3.63) is 63.9 Å². The average Bonchev–Trinajstić information content (AvgIpc) is 2.95. The van der Waals surface area contributed by atoms with Crippen LogP contribution >= 0.6 is 23.2 Å². The molecule has 2 aromatic carbocycles. The lowest BCUT2D eigenvalue weighted by atomic mass is 9.84. The van der Waals surface area contributed by atoms with Crippen molar-refractivity contribution in [2.45, 2.75) is 31.6 Å². The van der Waals surface area contributed by atoms with Crippen LogP contribution in [0.1, 0.15) is 25.2 Å². The van der Waals surface area contributed by atoms with Crippen LogP contribution in [0.25, 0.3) is 11.0 Å². The summed E-state index contributed by atoms with van der Waals surface area (Å²) in [6.45, 7) is 4.16. The Labute approximate surface area is 186 Å². The molecule has 160 valence electrons. The molecule has 0 fully saturated rings. The van der Waals surface area contributed by atoms with Gasteiger partial charge < -0.3 is 9.88 Å². The van der Waals surface area contributed by atoms with Gasteiger partial charge in [-0.1, -0.05) is 55.2 Å². The SMILES string of the molecule is CC(C)(CNC(=O)Cn1c(CS(C)(=O)=O)nc2ccccc21)c1c(Cl)cccc1Cl. The zero-order chi connectivity index (χ0) is 22.1. The van der Waals surface area contributed by atoms with E-state index in [-0.39, 0.29) is 18.2 Å². The van der Waals surface area contributed by atoms with Crippen LogP contribution < -0.4 is 5.32 Å². The van der Waals surface area contributed by atoms with Gasteiger partial charge in [-0.05, 0) is 29.8 Å². The van der Waals surface area contributed by atoms with E-state index in [4.69, 9.17) is 23.2 Å². The van der Waals surface area contributed by atoms with Crippen LogP contribution in [0, 0.1) is 0 Å². The summed E-state index contributed by atoms with van der Waals surface area (Å²) in [5.41, 5.74) is 1.61. The molecule has 30 heavy (non-hydrogen) atoms. The number of hydrogen-bond acceptors (Lipinski definition) is 4. The van der Waals surface area contributed by atoms with Gasteiger partial charge in [0.1, 0.15) is 18.1 Å². The molecule has 6 nitrogen and oxygen atoms in total. The third kappa shape index (κ3) is 5.14. The summed E-state index contributed by atoms with van der Waals surface area (Å²) in [5, 5.41) is 3.99. The van der Waals surface area contributed by atoms with E-state index in [0.29, 0.717) is 33.4 Å². The van der Waals surface area contributed by atoms with Crippen LogP contribution in [0.3, 0.4) is 0 Å². The normalized spacial score (nSPS) is 12.3. The molecule has 0 aliphatic carbocycles. The van der Waals surface area contributed by atoms with Crippen LogP contribution in [0.4, 0.5) is 0 Å². The number of sulfone groups is 1. The Morgan fingerprint density at radius 1 is 1.10 bits per heavy atom. The fourth-order valence-corrected chi connectivity index (χ4v) is 5.00. The predicted octanol–water partition coefficient (Wildman–Crippen LogP) is 3.98. The summed E-state index contributed by atoms with van der Waals surface area (Å²) in [5.74, 6) is -0.165. The Hall–Kier alpha value is -2.09. The number of halogens is 2. The minimum Gasteiger partial charge on any atom is -0.354 e. The van der Waals surface area contributed by atoms with E-state index in [1.54, 1.807) is 28.8 Å². The van der Waals surface area contributed by atoms with Crippen molar-refractivity contribution in [2.24, 2.45) is 0 Å². The number of benzene rings is 2. The summed E-state index contributed by atoms with van der Waals surface area (Å²) in [6.07, 6.45) is 1.15. The molecular formula is C21H23Cl2N3O3S. The van der Waals surface area contributed by atoms with E-state index in [2.05, 4.69) is 10.3 Å². The van der Waals surface area contributed by atoms with Gasteiger partial charge in [-0.15, -0.1) is 0 Å². The van der Waals surface area contributed by atoms with Gasteiger partial charge in [0.15, 0.2) is 9.84 Å². The number of imidazole rings is 1. The molecule has 1 N–H and O–H groups in total. The molecule has 0 aliphatic heterocycles. The molecule has 9 heteroatoms. The van der Waals surface area contributed by atoms with E-state index in [0.717, 1.165) is 11.8 Å². The second kappa shape index (κ2) is 8.57. The topological polar surface area (TPSA) is 81.1 Å². The van der Waals surface area contributed by atoms with Crippen molar-refractivity contribution in [1.82, 2.24) is 14.9 Å². The van der Waals surface area contributed by atoms with E-state index in [1.165, 1.54) is 0 Å². The fraction of sp³-hybridized carbons (Fsp3) is 0.333. The summed E-state index contributed by atoms with van der Waals surface area (Å²) < 4.78 is 25.3. The molecule has 1 amide bonds. The highest BCUT2D eigenvalue weighted by Gasteiger charge is 2.27. The zero-order valence-corrected chi connectivity index (χ0v) is 19.3. The maximum atomic E-state index is 12.7. The number of amides is 1. The molecule has 0 aliphatic rings. The molecule has 3 rings (SSSR count). The number of aromatic nitrogens is 2. The van der Waals surface area contributed by atoms with Crippen molar-refractivity contribution in [3.8, 4) is 0 Å². The molecular weight excluding hydrogens is 445 g/mol. The van der Waals surface area contributed by atoms with Gasteiger partial charge in [0.25, 0.3) is 0 Å². The number of hydrogen-bond donors (Lipinski definition) is 1. The highest BCUT2D eigenvalue weighted by Crippen LogP contribution is 2.35. The molecule has 0 saturated carbocycles.